The number of aromatic hydroxyl groups is 1. The number of aldehydes is 1. The van der Waals surface area contributed by atoms with Crippen molar-refractivity contribution in [2.75, 3.05) is 13.1 Å². The first kappa shape index (κ1) is 11.1. The van der Waals surface area contributed by atoms with Crippen LogP contribution in [0.3, 0.4) is 0 Å². The molecule has 2 rings (SSSR count). The molecule has 1 aliphatic rings. The predicted octanol–water partition coefficient (Wildman–Crippen LogP) is 1.67. The highest BCUT2D eigenvalue weighted by atomic mass is 16.3. The lowest BCUT2D eigenvalue weighted by molar-refractivity contribution is -0.110. The summed E-state index contributed by atoms with van der Waals surface area (Å²) in [5, 5.41) is 12.5. The molecule has 0 saturated carbocycles. The SMILES string of the molecule is O=CC(c1ccc(O)cc1)C1CCCNC1. The quantitative estimate of drug-likeness (QED) is 0.760. The molecule has 3 heteroatoms. The molecule has 0 aromatic heterocycles. The van der Waals surface area contributed by atoms with E-state index in [-0.39, 0.29) is 11.7 Å². The molecule has 1 saturated heterocycles. The molecular weight excluding hydrogens is 202 g/mol. The minimum atomic E-state index is -0.0478. The van der Waals surface area contributed by atoms with Gasteiger partial charge in [0, 0.05) is 5.92 Å². The third-order valence-electron chi connectivity index (χ3n) is 3.27. The molecule has 0 bridgehead atoms. The van der Waals surface area contributed by atoms with Crippen molar-refractivity contribution in [2.45, 2.75) is 18.8 Å². The smallest absolute Gasteiger partial charge is 0.127 e. The largest absolute Gasteiger partial charge is 0.508 e. The van der Waals surface area contributed by atoms with Crippen LogP contribution in [0, 0.1) is 5.92 Å². The van der Waals surface area contributed by atoms with Crippen molar-refractivity contribution in [1.82, 2.24) is 5.32 Å². The Hall–Kier alpha value is -1.35. The van der Waals surface area contributed by atoms with Crippen molar-refractivity contribution in [3.8, 4) is 5.75 Å². The summed E-state index contributed by atoms with van der Waals surface area (Å²) in [5.41, 5.74) is 1.00. The lowest BCUT2D eigenvalue weighted by atomic mass is 9.82. The van der Waals surface area contributed by atoms with Crippen LogP contribution in [0.1, 0.15) is 24.3 Å². The Kier molecular flexibility index (Phi) is 3.57. The van der Waals surface area contributed by atoms with Gasteiger partial charge in [0.2, 0.25) is 0 Å². The van der Waals surface area contributed by atoms with Crippen LogP contribution in [-0.2, 0) is 4.79 Å². The minimum Gasteiger partial charge on any atom is -0.508 e. The van der Waals surface area contributed by atoms with E-state index in [9.17, 15) is 9.90 Å². The molecule has 2 N–H and O–H groups in total. The van der Waals surface area contributed by atoms with Gasteiger partial charge in [-0.1, -0.05) is 12.1 Å². The molecule has 86 valence electrons. The average Bonchev–Trinajstić information content (AvgIpc) is 2.34. The molecule has 0 radical (unpaired) electrons. The monoisotopic (exact) mass is 219 g/mol. The fourth-order valence-corrected chi connectivity index (χ4v) is 2.34. The van der Waals surface area contributed by atoms with Gasteiger partial charge in [0.15, 0.2) is 0 Å². The van der Waals surface area contributed by atoms with E-state index in [4.69, 9.17) is 0 Å². The van der Waals surface area contributed by atoms with Crippen LogP contribution in [0.5, 0.6) is 5.75 Å². The number of rotatable bonds is 3. The van der Waals surface area contributed by atoms with Crippen LogP contribution in [0.2, 0.25) is 0 Å². The predicted molar refractivity (Wildman–Crippen MR) is 62.5 cm³/mol. The lowest BCUT2D eigenvalue weighted by Gasteiger charge is -2.27. The van der Waals surface area contributed by atoms with Crippen molar-refractivity contribution in [1.29, 1.82) is 0 Å². The Bertz CT molecular complexity index is 341. The molecule has 1 heterocycles. The highest BCUT2D eigenvalue weighted by Gasteiger charge is 2.24. The summed E-state index contributed by atoms with van der Waals surface area (Å²) in [5.74, 6) is 0.583. The van der Waals surface area contributed by atoms with Gasteiger partial charge in [-0.2, -0.15) is 0 Å². The maximum atomic E-state index is 11.2. The van der Waals surface area contributed by atoms with Gasteiger partial charge in [-0.15, -0.1) is 0 Å². The van der Waals surface area contributed by atoms with E-state index < -0.39 is 0 Å². The number of hydrogen-bond acceptors (Lipinski definition) is 3. The molecule has 16 heavy (non-hydrogen) atoms. The molecule has 2 unspecified atom stereocenters. The van der Waals surface area contributed by atoms with Crippen LogP contribution >= 0.6 is 0 Å². The Labute approximate surface area is 95.5 Å². The zero-order valence-electron chi connectivity index (χ0n) is 9.23. The summed E-state index contributed by atoms with van der Waals surface area (Å²) >= 11 is 0. The van der Waals surface area contributed by atoms with Crippen molar-refractivity contribution in [2.24, 2.45) is 5.92 Å². The molecule has 0 amide bonds. The second-order valence-electron chi connectivity index (χ2n) is 4.36. The van der Waals surface area contributed by atoms with Gasteiger partial charge in [-0.25, -0.2) is 0 Å². The summed E-state index contributed by atoms with van der Waals surface area (Å²) in [7, 11) is 0. The molecule has 1 aromatic rings. The first-order valence-corrected chi connectivity index (χ1v) is 5.76. The third-order valence-corrected chi connectivity index (χ3v) is 3.27. The molecule has 3 nitrogen and oxygen atoms in total. The molecule has 0 aliphatic carbocycles. The zero-order chi connectivity index (χ0) is 11.4. The molecule has 0 spiro atoms. The van der Waals surface area contributed by atoms with Gasteiger partial charge < -0.3 is 15.2 Å². The maximum absolute atomic E-state index is 11.2. The van der Waals surface area contributed by atoms with Crippen LogP contribution in [-0.4, -0.2) is 24.5 Å². The minimum absolute atomic E-state index is 0.0478. The summed E-state index contributed by atoms with van der Waals surface area (Å²) in [6, 6.07) is 6.95. The normalized spacial score (nSPS) is 22.6. The van der Waals surface area contributed by atoms with E-state index >= 15 is 0 Å². The highest BCUT2D eigenvalue weighted by molar-refractivity contribution is 5.63. The molecule has 1 aromatic carbocycles. The van der Waals surface area contributed by atoms with Crippen molar-refractivity contribution in [3.63, 3.8) is 0 Å². The van der Waals surface area contributed by atoms with Gasteiger partial charge in [0.25, 0.3) is 0 Å². The fourth-order valence-electron chi connectivity index (χ4n) is 2.34. The second kappa shape index (κ2) is 5.12. The Morgan fingerprint density at radius 1 is 1.38 bits per heavy atom. The van der Waals surface area contributed by atoms with E-state index in [2.05, 4.69) is 5.32 Å². The Morgan fingerprint density at radius 2 is 2.12 bits per heavy atom. The molecule has 2 atom stereocenters. The van der Waals surface area contributed by atoms with Crippen molar-refractivity contribution < 1.29 is 9.90 Å². The van der Waals surface area contributed by atoms with E-state index in [1.807, 2.05) is 12.1 Å². The molecular formula is C13H17NO2. The van der Waals surface area contributed by atoms with E-state index in [1.165, 1.54) is 0 Å². The number of phenolic OH excluding ortho intramolecular Hbond substituents is 1. The Balaban J connectivity index is 2.14. The third kappa shape index (κ3) is 2.42. The van der Waals surface area contributed by atoms with E-state index in [0.29, 0.717) is 5.92 Å². The number of nitrogens with one attached hydrogen (secondary N) is 1. The topological polar surface area (TPSA) is 49.3 Å². The summed E-state index contributed by atoms with van der Waals surface area (Å²) in [6.45, 7) is 1.96. The van der Waals surface area contributed by atoms with Crippen LogP contribution in [0.25, 0.3) is 0 Å². The van der Waals surface area contributed by atoms with Crippen molar-refractivity contribution in [3.05, 3.63) is 29.8 Å². The number of piperidine rings is 1. The van der Waals surface area contributed by atoms with E-state index in [1.54, 1.807) is 12.1 Å². The Morgan fingerprint density at radius 3 is 2.69 bits per heavy atom. The number of carbonyl (C=O) groups is 1. The number of carbonyl (C=O) groups excluding carboxylic acids is 1. The van der Waals surface area contributed by atoms with Crippen LogP contribution in [0.15, 0.2) is 24.3 Å². The number of phenols is 1. The first-order chi connectivity index (χ1) is 7.81. The molecule has 1 aliphatic heterocycles. The van der Waals surface area contributed by atoms with Crippen LogP contribution in [0.4, 0.5) is 0 Å². The van der Waals surface area contributed by atoms with E-state index in [0.717, 1.165) is 37.8 Å². The lowest BCUT2D eigenvalue weighted by Crippen LogP contribution is -2.33. The summed E-state index contributed by atoms with van der Waals surface area (Å²) in [6.07, 6.45) is 3.26. The van der Waals surface area contributed by atoms with Crippen LogP contribution < -0.4 is 5.32 Å². The van der Waals surface area contributed by atoms with Crippen molar-refractivity contribution >= 4 is 6.29 Å². The average molecular weight is 219 g/mol. The van der Waals surface area contributed by atoms with Gasteiger partial charge >= 0.3 is 0 Å². The number of benzene rings is 1. The summed E-state index contributed by atoms with van der Waals surface area (Å²) in [4.78, 5) is 11.2. The summed E-state index contributed by atoms with van der Waals surface area (Å²) < 4.78 is 0. The maximum Gasteiger partial charge on any atom is 0.127 e. The first-order valence-electron chi connectivity index (χ1n) is 5.76. The second-order valence-corrected chi connectivity index (χ2v) is 4.36. The number of hydrogen-bond donors (Lipinski definition) is 2. The highest BCUT2D eigenvalue weighted by Crippen LogP contribution is 2.28. The standard InChI is InChI=1S/C13H17NO2/c15-9-13(11-2-1-7-14-8-11)10-3-5-12(16)6-4-10/h3-6,9,11,13-14,16H,1-2,7-8H2. The van der Waals surface area contributed by atoms with Gasteiger partial charge in [0.05, 0.1) is 0 Å². The zero-order valence-corrected chi connectivity index (χ0v) is 9.23. The molecule has 1 fully saturated rings. The van der Waals surface area contributed by atoms with Gasteiger partial charge in [-0.05, 0) is 49.5 Å². The van der Waals surface area contributed by atoms with Gasteiger partial charge in [-0.3, -0.25) is 0 Å². The fraction of sp³-hybridized carbons (Fsp3) is 0.462. The van der Waals surface area contributed by atoms with Gasteiger partial charge in [0.1, 0.15) is 12.0 Å².